The van der Waals surface area contributed by atoms with E-state index in [9.17, 15) is 4.79 Å². The SMILES string of the molecule is Cc1ccc(-c2cc(C(=O)NC[C@H]3CCCO3)c3ccccc3n2)cc1. The summed E-state index contributed by atoms with van der Waals surface area (Å²) in [7, 11) is 0. The van der Waals surface area contributed by atoms with E-state index >= 15 is 0 Å². The number of fused-ring (bicyclic) bond motifs is 1. The number of hydrogen-bond donors (Lipinski definition) is 1. The fraction of sp³-hybridized carbons (Fsp3) is 0.273. The second-order valence-electron chi connectivity index (χ2n) is 6.78. The molecule has 26 heavy (non-hydrogen) atoms. The number of amides is 1. The first-order valence-electron chi connectivity index (χ1n) is 9.07. The van der Waals surface area contributed by atoms with Crippen LogP contribution in [0.1, 0.15) is 28.8 Å². The number of carbonyl (C=O) groups excluding carboxylic acids is 1. The van der Waals surface area contributed by atoms with Crippen molar-refractivity contribution in [1.82, 2.24) is 10.3 Å². The maximum absolute atomic E-state index is 12.9. The normalized spacial score (nSPS) is 16.7. The van der Waals surface area contributed by atoms with Crippen LogP contribution in [-0.4, -0.2) is 30.1 Å². The molecule has 0 unspecified atom stereocenters. The number of rotatable bonds is 4. The average molecular weight is 346 g/mol. The smallest absolute Gasteiger partial charge is 0.252 e. The van der Waals surface area contributed by atoms with Crippen molar-refractivity contribution in [2.75, 3.05) is 13.2 Å². The number of benzene rings is 2. The number of ether oxygens (including phenoxy) is 1. The lowest BCUT2D eigenvalue weighted by Gasteiger charge is -2.13. The first-order valence-corrected chi connectivity index (χ1v) is 9.07. The van der Waals surface area contributed by atoms with Crippen LogP contribution >= 0.6 is 0 Å². The van der Waals surface area contributed by atoms with Crippen molar-refractivity contribution in [3.8, 4) is 11.3 Å². The number of nitrogens with zero attached hydrogens (tertiary/aromatic N) is 1. The van der Waals surface area contributed by atoms with Crippen LogP contribution in [0.5, 0.6) is 0 Å². The molecule has 0 spiro atoms. The van der Waals surface area contributed by atoms with E-state index in [4.69, 9.17) is 9.72 Å². The van der Waals surface area contributed by atoms with Gasteiger partial charge in [-0.15, -0.1) is 0 Å². The Hall–Kier alpha value is -2.72. The average Bonchev–Trinajstić information content (AvgIpc) is 3.19. The summed E-state index contributed by atoms with van der Waals surface area (Å²) in [6.07, 6.45) is 2.20. The molecule has 3 aromatic rings. The van der Waals surface area contributed by atoms with Crippen LogP contribution in [0.2, 0.25) is 0 Å². The third kappa shape index (κ3) is 3.46. The highest BCUT2D eigenvalue weighted by atomic mass is 16.5. The summed E-state index contributed by atoms with van der Waals surface area (Å²) < 4.78 is 5.60. The highest BCUT2D eigenvalue weighted by Crippen LogP contribution is 2.25. The number of para-hydroxylation sites is 1. The van der Waals surface area contributed by atoms with Gasteiger partial charge in [0.2, 0.25) is 0 Å². The largest absolute Gasteiger partial charge is 0.376 e. The minimum atomic E-state index is -0.0764. The Kier molecular flexibility index (Phi) is 4.67. The molecular formula is C22H22N2O2. The van der Waals surface area contributed by atoms with E-state index in [-0.39, 0.29) is 12.0 Å². The van der Waals surface area contributed by atoms with Gasteiger partial charge in [-0.1, -0.05) is 48.0 Å². The summed E-state index contributed by atoms with van der Waals surface area (Å²) >= 11 is 0. The molecule has 1 fully saturated rings. The zero-order chi connectivity index (χ0) is 17.9. The molecule has 0 saturated carbocycles. The van der Waals surface area contributed by atoms with Crippen LogP contribution < -0.4 is 5.32 Å². The number of pyridine rings is 1. The molecule has 4 nitrogen and oxygen atoms in total. The van der Waals surface area contributed by atoms with Crippen molar-refractivity contribution in [3.63, 3.8) is 0 Å². The Morgan fingerprint density at radius 1 is 1.19 bits per heavy atom. The summed E-state index contributed by atoms with van der Waals surface area (Å²) in [5, 5.41) is 3.90. The molecule has 1 saturated heterocycles. The summed E-state index contributed by atoms with van der Waals surface area (Å²) in [5.74, 6) is -0.0764. The lowest BCUT2D eigenvalue weighted by Crippen LogP contribution is -2.31. The molecular weight excluding hydrogens is 324 g/mol. The van der Waals surface area contributed by atoms with E-state index in [1.54, 1.807) is 0 Å². The van der Waals surface area contributed by atoms with Crippen LogP contribution in [0.4, 0.5) is 0 Å². The predicted molar refractivity (Wildman–Crippen MR) is 103 cm³/mol. The number of hydrogen-bond acceptors (Lipinski definition) is 3. The molecule has 1 atom stereocenters. The Morgan fingerprint density at radius 2 is 2.00 bits per heavy atom. The maximum atomic E-state index is 12.9. The quantitative estimate of drug-likeness (QED) is 0.773. The number of carbonyl (C=O) groups is 1. The molecule has 0 bridgehead atoms. The van der Waals surface area contributed by atoms with Gasteiger partial charge in [-0.2, -0.15) is 0 Å². The van der Waals surface area contributed by atoms with E-state index in [0.29, 0.717) is 12.1 Å². The van der Waals surface area contributed by atoms with Crippen molar-refractivity contribution < 1.29 is 9.53 Å². The summed E-state index contributed by atoms with van der Waals surface area (Å²) in [6.45, 7) is 3.40. The molecule has 0 radical (unpaired) electrons. The van der Waals surface area contributed by atoms with Crippen molar-refractivity contribution in [3.05, 3.63) is 65.7 Å². The van der Waals surface area contributed by atoms with Gasteiger partial charge in [0.1, 0.15) is 0 Å². The van der Waals surface area contributed by atoms with E-state index in [1.807, 2.05) is 42.5 Å². The summed E-state index contributed by atoms with van der Waals surface area (Å²) in [4.78, 5) is 17.6. The molecule has 0 aliphatic carbocycles. The highest BCUT2D eigenvalue weighted by molar-refractivity contribution is 6.07. The first-order chi connectivity index (χ1) is 12.7. The van der Waals surface area contributed by atoms with Crippen LogP contribution in [0.3, 0.4) is 0 Å². The fourth-order valence-electron chi connectivity index (χ4n) is 3.34. The van der Waals surface area contributed by atoms with Gasteiger partial charge in [0.15, 0.2) is 0 Å². The Bertz CT molecular complexity index is 929. The Labute approximate surface area is 153 Å². The second kappa shape index (κ2) is 7.26. The third-order valence-corrected chi connectivity index (χ3v) is 4.82. The standard InChI is InChI=1S/C22H22N2O2/c1-15-8-10-16(11-9-15)21-13-19(18-6-2-3-7-20(18)24-21)22(25)23-14-17-5-4-12-26-17/h2-3,6-11,13,17H,4-5,12,14H2,1H3,(H,23,25)/t17-/m1/s1. The van der Waals surface area contributed by atoms with Gasteiger partial charge in [0, 0.05) is 24.1 Å². The summed E-state index contributed by atoms with van der Waals surface area (Å²) in [6, 6.07) is 17.9. The minimum absolute atomic E-state index is 0.0764. The topological polar surface area (TPSA) is 51.2 Å². The Balaban J connectivity index is 1.69. The number of aromatic nitrogens is 1. The molecule has 1 N–H and O–H groups in total. The van der Waals surface area contributed by atoms with E-state index in [2.05, 4.69) is 24.4 Å². The molecule has 2 aromatic carbocycles. The molecule has 132 valence electrons. The van der Waals surface area contributed by atoms with E-state index < -0.39 is 0 Å². The fourth-order valence-corrected chi connectivity index (χ4v) is 3.34. The van der Waals surface area contributed by atoms with Crippen molar-refractivity contribution in [1.29, 1.82) is 0 Å². The van der Waals surface area contributed by atoms with Crippen LogP contribution in [0.25, 0.3) is 22.2 Å². The van der Waals surface area contributed by atoms with Crippen molar-refractivity contribution in [2.24, 2.45) is 0 Å². The molecule has 1 aliphatic heterocycles. The number of nitrogens with one attached hydrogen (secondary N) is 1. The molecule has 1 aliphatic rings. The van der Waals surface area contributed by atoms with Crippen molar-refractivity contribution in [2.45, 2.75) is 25.9 Å². The van der Waals surface area contributed by atoms with Gasteiger partial charge in [-0.3, -0.25) is 4.79 Å². The van der Waals surface area contributed by atoms with Crippen LogP contribution in [-0.2, 0) is 4.74 Å². The second-order valence-corrected chi connectivity index (χ2v) is 6.78. The van der Waals surface area contributed by atoms with Gasteiger partial charge in [0.05, 0.1) is 22.9 Å². The predicted octanol–water partition coefficient (Wildman–Crippen LogP) is 4.12. The zero-order valence-corrected chi connectivity index (χ0v) is 14.9. The molecule has 1 aromatic heterocycles. The third-order valence-electron chi connectivity index (χ3n) is 4.82. The van der Waals surface area contributed by atoms with Crippen molar-refractivity contribution >= 4 is 16.8 Å². The molecule has 2 heterocycles. The van der Waals surface area contributed by atoms with E-state index in [1.165, 1.54) is 5.56 Å². The van der Waals surface area contributed by atoms with Crippen LogP contribution in [0, 0.1) is 6.92 Å². The van der Waals surface area contributed by atoms with Gasteiger partial charge in [-0.25, -0.2) is 4.98 Å². The minimum Gasteiger partial charge on any atom is -0.376 e. The molecule has 4 rings (SSSR count). The van der Waals surface area contributed by atoms with Gasteiger partial charge in [-0.05, 0) is 31.9 Å². The van der Waals surface area contributed by atoms with Gasteiger partial charge < -0.3 is 10.1 Å². The monoisotopic (exact) mass is 346 g/mol. The lowest BCUT2D eigenvalue weighted by atomic mass is 10.0. The highest BCUT2D eigenvalue weighted by Gasteiger charge is 2.18. The lowest BCUT2D eigenvalue weighted by molar-refractivity contribution is 0.0859. The summed E-state index contributed by atoms with van der Waals surface area (Å²) in [5.41, 5.74) is 4.50. The molecule has 4 heteroatoms. The first kappa shape index (κ1) is 16.7. The Morgan fingerprint density at radius 3 is 2.77 bits per heavy atom. The maximum Gasteiger partial charge on any atom is 0.252 e. The zero-order valence-electron chi connectivity index (χ0n) is 14.9. The van der Waals surface area contributed by atoms with Crippen LogP contribution in [0.15, 0.2) is 54.6 Å². The van der Waals surface area contributed by atoms with E-state index in [0.717, 1.165) is 41.6 Å². The van der Waals surface area contributed by atoms with Gasteiger partial charge in [0.25, 0.3) is 5.91 Å². The number of aryl methyl sites for hydroxylation is 1. The van der Waals surface area contributed by atoms with Gasteiger partial charge >= 0.3 is 0 Å². The molecule has 1 amide bonds.